The lowest BCUT2D eigenvalue weighted by atomic mass is 9.72. The van der Waals surface area contributed by atoms with E-state index >= 15 is 0 Å². The zero-order chi connectivity index (χ0) is 14.2. The first-order chi connectivity index (χ1) is 8.37. The van der Waals surface area contributed by atoms with E-state index in [-0.39, 0.29) is 0 Å². The van der Waals surface area contributed by atoms with Crippen LogP contribution in [0.4, 0.5) is 0 Å². The average Bonchev–Trinajstić information content (AvgIpc) is 2.39. The van der Waals surface area contributed by atoms with Crippen LogP contribution in [0.2, 0.25) is 0 Å². The van der Waals surface area contributed by atoms with Gasteiger partial charge in [0.05, 0.1) is 0 Å². The minimum absolute atomic E-state index is 0.313. The predicted molar refractivity (Wildman–Crippen MR) is 83.2 cm³/mol. The topological polar surface area (TPSA) is 15.3 Å². The summed E-state index contributed by atoms with van der Waals surface area (Å²) < 4.78 is 0. The fourth-order valence-corrected chi connectivity index (χ4v) is 2.56. The molecule has 1 N–H and O–H groups in total. The van der Waals surface area contributed by atoms with E-state index in [1.807, 2.05) is 0 Å². The molecule has 0 heterocycles. The Kier molecular flexibility index (Phi) is 8.13. The molecule has 0 aliphatic heterocycles. The minimum Gasteiger partial charge on any atom is -0.315 e. The third-order valence-corrected chi connectivity index (χ3v) is 5.18. The highest BCUT2D eigenvalue weighted by Gasteiger charge is 2.29. The molecule has 0 radical (unpaired) electrons. The Labute approximate surface area is 116 Å². The molecule has 0 aromatic carbocycles. The second kappa shape index (κ2) is 8.16. The first-order valence-corrected chi connectivity index (χ1v) is 7.70. The van der Waals surface area contributed by atoms with Gasteiger partial charge in [-0.25, -0.2) is 0 Å². The lowest BCUT2D eigenvalue weighted by Gasteiger charge is -2.37. The van der Waals surface area contributed by atoms with Crippen LogP contribution in [0.1, 0.15) is 66.2 Å². The van der Waals surface area contributed by atoms with Gasteiger partial charge < -0.3 is 10.2 Å². The lowest BCUT2D eigenvalue weighted by Crippen LogP contribution is -2.40. The van der Waals surface area contributed by atoms with Gasteiger partial charge in [-0.1, -0.05) is 33.6 Å². The van der Waals surface area contributed by atoms with Crippen LogP contribution in [-0.4, -0.2) is 38.1 Å². The average molecular weight is 256 g/mol. The van der Waals surface area contributed by atoms with Crippen molar-refractivity contribution in [1.82, 2.24) is 10.2 Å². The van der Waals surface area contributed by atoms with Crippen LogP contribution in [-0.2, 0) is 0 Å². The monoisotopic (exact) mass is 256 g/mol. The van der Waals surface area contributed by atoms with Crippen molar-refractivity contribution in [2.75, 3.05) is 27.7 Å². The van der Waals surface area contributed by atoms with Crippen molar-refractivity contribution in [2.24, 2.45) is 5.41 Å². The van der Waals surface area contributed by atoms with E-state index in [0.29, 0.717) is 11.0 Å². The molecule has 0 saturated heterocycles. The summed E-state index contributed by atoms with van der Waals surface area (Å²) in [5.74, 6) is 0. The van der Waals surface area contributed by atoms with Crippen molar-refractivity contribution >= 4 is 0 Å². The van der Waals surface area contributed by atoms with Gasteiger partial charge in [-0.3, -0.25) is 0 Å². The summed E-state index contributed by atoms with van der Waals surface area (Å²) in [6.45, 7) is 10.6. The molecule has 0 aliphatic rings. The van der Waals surface area contributed by atoms with Gasteiger partial charge in [0.25, 0.3) is 0 Å². The van der Waals surface area contributed by atoms with Crippen molar-refractivity contribution < 1.29 is 0 Å². The molecule has 2 heteroatoms. The van der Waals surface area contributed by atoms with E-state index in [1.165, 1.54) is 45.1 Å². The molecule has 1 unspecified atom stereocenters. The normalized spacial score (nSPS) is 16.0. The molecule has 110 valence electrons. The van der Waals surface area contributed by atoms with Crippen LogP contribution in [0.15, 0.2) is 0 Å². The molecule has 0 spiro atoms. The van der Waals surface area contributed by atoms with Gasteiger partial charge >= 0.3 is 0 Å². The van der Waals surface area contributed by atoms with Crippen molar-refractivity contribution in [3.63, 3.8) is 0 Å². The molecule has 2 nitrogen and oxygen atoms in total. The quantitative estimate of drug-likeness (QED) is 0.637. The predicted octanol–water partition coefficient (Wildman–Crippen LogP) is 3.91. The summed E-state index contributed by atoms with van der Waals surface area (Å²) in [7, 11) is 6.46. The molecule has 0 aromatic rings. The first kappa shape index (κ1) is 17.9. The number of hydrogen-bond acceptors (Lipinski definition) is 2. The third-order valence-electron chi connectivity index (χ3n) is 5.18. The van der Waals surface area contributed by atoms with Gasteiger partial charge in [0, 0.05) is 5.54 Å². The fraction of sp³-hybridized carbons (Fsp3) is 1.00. The van der Waals surface area contributed by atoms with E-state index in [0.717, 1.165) is 0 Å². The highest BCUT2D eigenvalue weighted by Crippen LogP contribution is 2.38. The number of rotatable bonds is 10. The number of nitrogens with zero attached hydrogens (tertiary/aromatic N) is 1. The Balaban J connectivity index is 4.51. The second-order valence-electron chi connectivity index (χ2n) is 6.42. The Morgan fingerprint density at radius 3 is 1.78 bits per heavy atom. The Bertz CT molecular complexity index is 203. The first-order valence-electron chi connectivity index (χ1n) is 7.70. The smallest absolute Gasteiger partial charge is 0.0147 e. The van der Waals surface area contributed by atoms with Gasteiger partial charge in [0.1, 0.15) is 0 Å². The molecule has 0 aromatic heterocycles. The van der Waals surface area contributed by atoms with Crippen LogP contribution in [0.25, 0.3) is 0 Å². The van der Waals surface area contributed by atoms with Crippen LogP contribution < -0.4 is 5.32 Å². The molecule has 0 saturated carbocycles. The van der Waals surface area contributed by atoms with E-state index in [2.05, 4.69) is 59.1 Å². The number of nitrogens with one attached hydrogen (secondary N) is 1. The van der Waals surface area contributed by atoms with Gasteiger partial charge in [0.15, 0.2) is 0 Å². The third kappa shape index (κ3) is 5.71. The molecule has 0 amide bonds. The summed E-state index contributed by atoms with van der Waals surface area (Å²) in [6, 6.07) is 0. The maximum absolute atomic E-state index is 3.50. The van der Waals surface area contributed by atoms with Crippen molar-refractivity contribution in [1.29, 1.82) is 0 Å². The largest absolute Gasteiger partial charge is 0.315 e. The van der Waals surface area contributed by atoms with E-state index in [4.69, 9.17) is 0 Å². The van der Waals surface area contributed by atoms with E-state index in [1.54, 1.807) is 0 Å². The van der Waals surface area contributed by atoms with Crippen LogP contribution in [0.5, 0.6) is 0 Å². The summed E-state index contributed by atoms with van der Waals surface area (Å²) in [5, 5.41) is 3.50. The van der Waals surface area contributed by atoms with Crippen molar-refractivity contribution in [3.8, 4) is 0 Å². The second-order valence-corrected chi connectivity index (χ2v) is 6.42. The van der Waals surface area contributed by atoms with Crippen LogP contribution in [0.3, 0.4) is 0 Å². The zero-order valence-corrected chi connectivity index (χ0v) is 13.9. The fourth-order valence-electron chi connectivity index (χ4n) is 2.56. The highest BCUT2D eigenvalue weighted by atomic mass is 15.0. The van der Waals surface area contributed by atoms with Crippen molar-refractivity contribution in [3.05, 3.63) is 0 Å². The van der Waals surface area contributed by atoms with Gasteiger partial charge in [-0.15, -0.1) is 0 Å². The summed E-state index contributed by atoms with van der Waals surface area (Å²) >= 11 is 0. The molecule has 0 rings (SSSR count). The number of hydrogen-bond donors (Lipinski definition) is 1. The molecular weight excluding hydrogens is 220 g/mol. The molecule has 0 aliphatic carbocycles. The zero-order valence-electron chi connectivity index (χ0n) is 13.9. The highest BCUT2D eigenvalue weighted by molar-refractivity contribution is 4.86. The Hall–Kier alpha value is -0.0800. The minimum atomic E-state index is 0.313. The maximum Gasteiger partial charge on any atom is 0.0147 e. The van der Waals surface area contributed by atoms with E-state index < -0.39 is 0 Å². The van der Waals surface area contributed by atoms with Gasteiger partial charge in [-0.2, -0.15) is 0 Å². The standard InChI is InChI=1S/C16H36N2/c1-8-15(4,17-5)11-12-16(9-2,10-3)13-14-18(6)7/h17H,8-14H2,1-7H3. The van der Waals surface area contributed by atoms with Crippen LogP contribution in [0, 0.1) is 5.41 Å². The molecule has 1 atom stereocenters. The maximum atomic E-state index is 3.50. The van der Waals surface area contributed by atoms with Crippen LogP contribution >= 0.6 is 0 Å². The molecule has 18 heavy (non-hydrogen) atoms. The summed E-state index contributed by atoms with van der Waals surface area (Å²) in [5.41, 5.74) is 0.852. The lowest BCUT2D eigenvalue weighted by molar-refractivity contribution is 0.163. The van der Waals surface area contributed by atoms with Gasteiger partial charge in [-0.05, 0) is 65.7 Å². The Morgan fingerprint density at radius 2 is 1.44 bits per heavy atom. The Morgan fingerprint density at radius 1 is 0.889 bits per heavy atom. The molecule has 0 bridgehead atoms. The van der Waals surface area contributed by atoms with Gasteiger partial charge in [0.2, 0.25) is 0 Å². The summed E-state index contributed by atoms with van der Waals surface area (Å²) in [6.07, 6.45) is 7.78. The van der Waals surface area contributed by atoms with E-state index in [9.17, 15) is 0 Å². The summed E-state index contributed by atoms with van der Waals surface area (Å²) in [4.78, 5) is 2.32. The molecular formula is C16H36N2. The molecule has 0 fully saturated rings. The van der Waals surface area contributed by atoms with Crippen molar-refractivity contribution in [2.45, 2.75) is 71.8 Å². The SMILES string of the molecule is CCC(CC)(CCN(C)C)CCC(C)(CC)NC.